The molecule has 0 spiro atoms. The maximum absolute atomic E-state index is 13.8. The van der Waals surface area contributed by atoms with E-state index < -0.39 is 0 Å². The van der Waals surface area contributed by atoms with Crippen LogP contribution in [0.3, 0.4) is 0 Å². The SMILES string of the molecule is O=CNc1ccc(N2CCCCC2)c(F)c1. The van der Waals surface area contributed by atoms with E-state index in [9.17, 15) is 9.18 Å². The Bertz CT molecular complexity index is 375. The van der Waals surface area contributed by atoms with Gasteiger partial charge in [0.05, 0.1) is 5.69 Å². The lowest BCUT2D eigenvalue weighted by atomic mass is 10.1. The van der Waals surface area contributed by atoms with Crippen LogP contribution < -0.4 is 10.2 Å². The van der Waals surface area contributed by atoms with E-state index in [0.29, 0.717) is 17.8 Å². The highest BCUT2D eigenvalue weighted by atomic mass is 19.1. The van der Waals surface area contributed by atoms with E-state index in [2.05, 4.69) is 10.2 Å². The number of nitrogens with one attached hydrogen (secondary N) is 1. The summed E-state index contributed by atoms with van der Waals surface area (Å²) in [5.41, 5.74) is 1.13. The zero-order valence-electron chi connectivity index (χ0n) is 9.08. The Kier molecular flexibility index (Phi) is 3.39. The first-order valence-electron chi connectivity index (χ1n) is 5.56. The number of halogens is 1. The van der Waals surface area contributed by atoms with Gasteiger partial charge in [0, 0.05) is 18.8 Å². The van der Waals surface area contributed by atoms with Crippen LogP contribution in [0.25, 0.3) is 0 Å². The van der Waals surface area contributed by atoms with E-state index in [4.69, 9.17) is 0 Å². The standard InChI is InChI=1S/C12H15FN2O/c13-11-8-10(14-9-16)4-5-12(11)15-6-2-1-3-7-15/h4-5,8-9H,1-3,6-7H2,(H,14,16). The minimum absolute atomic E-state index is 0.270. The van der Waals surface area contributed by atoms with Crippen LogP contribution in [0.5, 0.6) is 0 Å². The molecule has 0 aromatic heterocycles. The second-order valence-electron chi connectivity index (χ2n) is 3.98. The van der Waals surface area contributed by atoms with Crippen molar-refractivity contribution in [2.75, 3.05) is 23.3 Å². The van der Waals surface area contributed by atoms with Crippen molar-refractivity contribution >= 4 is 17.8 Å². The quantitative estimate of drug-likeness (QED) is 0.796. The van der Waals surface area contributed by atoms with E-state index in [1.807, 2.05) is 0 Å². The first-order valence-corrected chi connectivity index (χ1v) is 5.56. The molecule has 0 radical (unpaired) electrons. The summed E-state index contributed by atoms with van der Waals surface area (Å²) in [6.07, 6.45) is 4.01. The molecule has 86 valence electrons. The van der Waals surface area contributed by atoms with Gasteiger partial charge >= 0.3 is 0 Å². The number of piperidine rings is 1. The minimum atomic E-state index is -0.270. The topological polar surface area (TPSA) is 32.3 Å². The first kappa shape index (κ1) is 10.9. The molecule has 0 bridgehead atoms. The zero-order valence-corrected chi connectivity index (χ0v) is 9.08. The third-order valence-corrected chi connectivity index (χ3v) is 2.87. The van der Waals surface area contributed by atoms with E-state index >= 15 is 0 Å². The number of hydrogen-bond acceptors (Lipinski definition) is 2. The second kappa shape index (κ2) is 4.96. The minimum Gasteiger partial charge on any atom is -0.369 e. The highest BCUT2D eigenvalue weighted by Gasteiger charge is 2.14. The van der Waals surface area contributed by atoms with E-state index in [1.165, 1.54) is 12.5 Å². The Morgan fingerprint density at radius 2 is 2.00 bits per heavy atom. The molecule has 1 amide bonds. The van der Waals surface area contributed by atoms with Gasteiger partial charge in [0.25, 0.3) is 0 Å². The molecule has 1 heterocycles. The number of amides is 1. The molecular formula is C12H15FN2O. The Morgan fingerprint density at radius 3 is 2.62 bits per heavy atom. The van der Waals surface area contributed by atoms with Gasteiger partial charge in [-0.3, -0.25) is 4.79 Å². The number of hydrogen-bond donors (Lipinski definition) is 1. The molecule has 0 saturated carbocycles. The summed E-state index contributed by atoms with van der Waals surface area (Å²) in [4.78, 5) is 12.3. The molecule has 3 nitrogen and oxygen atoms in total. The third-order valence-electron chi connectivity index (χ3n) is 2.87. The smallest absolute Gasteiger partial charge is 0.211 e. The van der Waals surface area contributed by atoms with Crippen molar-refractivity contribution in [2.45, 2.75) is 19.3 Å². The number of carbonyl (C=O) groups excluding carboxylic acids is 1. The first-order chi connectivity index (χ1) is 7.81. The van der Waals surface area contributed by atoms with Crippen LogP contribution in [0.4, 0.5) is 15.8 Å². The summed E-state index contributed by atoms with van der Waals surface area (Å²) in [6.45, 7) is 1.83. The molecule has 16 heavy (non-hydrogen) atoms. The van der Waals surface area contributed by atoms with Crippen molar-refractivity contribution in [2.24, 2.45) is 0 Å². The maximum Gasteiger partial charge on any atom is 0.211 e. The molecule has 1 aromatic rings. The molecule has 0 unspecified atom stereocenters. The molecule has 1 fully saturated rings. The van der Waals surface area contributed by atoms with Crippen LogP contribution in [0.1, 0.15) is 19.3 Å². The van der Waals surface area contributed by atoms with Gasteiger partial charge in [-0.25, -0.2) is 4.39 Å². The van der Waals surface area contributed by atoms with Crippen LogP contribution in [0, 0.1) is 5.82 Å². The zero-order chi connectivity index (χ0) is 11.4. The third kappa shape index (κ3) is 2.32. The number of rotatable bonds is 3. The second-order valence-corrected chi connectivity index (χ2v) is 3.98. The van der Waals surface area contributed by atoms with Crippen LogP contribution in [-0.4, -0.2) is 19.5 Å². The summed E-state index contributed by atoms with van der Waals surface area (Å²) in [5.74, 6) is -0.270. The van der Waals surface area contributed by atoms with Crippen molar-refractivity contribution in [1.29, 1.82) is 0 Å². The van der Waals surface area contributed by atoms with Crippen molar-refractivity contribution in [3.05, 3.63) is 24.0 Å². The molecule has 0 atom stereocenters. The number of benzene rings is 1. The lowest BCUT2D eigenvalue weighted by Crippen LogP contribution is -2.30. The average molecular weight is 222 g/mol. The molecule has 4 heteroatoms. The van der Waals surface area contributed by atoms with E-state index in [1.54, 1.807) is 12.1 Å². The van der Waals surface area contributed by atoms with Crippen molar-refractivity contribution in [1.82, 2.24) is 0 Å². The van der Waals surface area contributed by atoms with Gasteiger partial charge in [-0.2, -0.15) is 0 Å². The van der Waals surface area contributed by atoms with E-state index in [-0.39, 0.29) is 5.82 Å². The highest BCUT2D eigenvalue weighted by Crippen LogP contribution is 2.25. The normalized spacial score (nSPS) is 15.9. The summed E-state index contributed by atoms with van der Waals surface area (Å²) in [6, 6.07) is 4.81. The van der Waals surface area contributed by atoms with Gasteiger partial charge in [-0.15, -0.1) is 0 Å². The largest absolute Gasteiger partial charge is 0.369 e. The van der Waals surface area contributed by atoms with Crippen molar-refractivity contribution < 1.29 is 9.18 Å². The summed E-state index contributed by atoms with van der Waals surface area (Å²) >= 11 is 0. The van der Waals surface area contributed by atoms with Gasteiger partial charge in [0.1, 0.15) is 5.82 Å². The molecule has 2 rings (SSSR count). The molecule has 1 N–H and O–H groups in total. The maximum atomic E-state index is 13.8. The summed E-state index contributed by atoms with van der Waals surface area (Å²) < 4.78 is 13.8. The average Bonchev–Trinajstić information content (AvgIpc) is 2.31. The summed E-state index contributed by atoms with van der Waals surface area (Å²) in [7, 11) is 0. The van der Waals surface area contributed by atoms with Crippen LogP contribution in [0.2, 0.25) is 0 Å². The lowest BCUT2D eigenvalue weighted by molar-refractivity contribution is -0.105. The Morgan fingerprint density at radius 1 is 1.25 bits per heavy atom. The number of anilines is 2. The van der Waals surface area contributed by atoms with Gasteiger partial charge in [0.2, 0.25) is 6.41 Å². The van der Waals surface area contributed by atoms with Crippen molar-refractivity contribution in [3.8, 4) is 0 Å². The van der Waals surface area contributed by atoms with Crippen LogP contribution >= 0.6 is 0 Å². The van der Waals surface area contributed by atoms with Crippen molar-refractivity contribution in [3.63, 3.8) is 0 Å². The highest BCUT2D eigenvalue weighted by molar-refractivity contribution is 5.72. The van der Waals surface area contributed by atoms with E-state index in [0.717, 1.165) is 25.9 Å². The molecule has 1 aliphatic rings. The van der Waals surface area contributed by atoms with Gasteiger partial charge in [0.15, 0.2) is 0 Å². The number of carbonyl (C=O) groups is 1. The van der Waals surface area contributed by atoms with Gasteiger partial charge < -0.3 is 10.2 Å². The van der Waals surface area contributed by atoms with Gasteiger partial charge in [-0.05, 0) is 37.5 Å². The predicted molar refractivity (Wildman–Crippen MR) is 62.2 cm³/mol. The molecule has 1 aliphatic heterocycles. The fraction of sp³-hybridized carbons (Fsp3) is 0.417. The molecule has 1 saturated heterocycles. The Hall–Kier alpha value is -1.58. The predicted octanol–water partition coefficient (Wildman–Crippen LogP) is 2.38. The Labute approximate surface area is 94.3 Å². The Balaban J connectivity index is 2.17. The fourth-order valence-electron chi connectivity index (χ4n) is 2.06. The number of nitrogens with zero attached hydrogens (tertiary/aromatic N) is 1. The molecule has 1 aromatic carbocycles. The van der Waals surface area contributed by atoms with Crippen LogP contribution in [0.15, 0.2) is 18.2 Å². The monoisotopic (exact) mass is 222 g/mol. The molecular weight excluding hydrogens is 207 g/mol. The van der Waals surface area contributed by atoms with Gasteiger partial charge in [-0.1, -0.05) is 0 Å². The summed E-state index contributed by atoms with van der Waals surface area (Å²) in [5, 5.41) is 2.44. The molecule has 0 aliphatic carbocycles. The van der Waals surface area contributed by atoms with Crippen LogP contribution in [-0.2, 0) is 4.79 Å². The fourth-order valence-corrected chi connectivity index (χ4v) is 2.06. The lowest BCUT2D eigenvalue weighted by Gasteiger charge is -2.29.